The third-order valence-electron chi connectivity index (χ3n) is 7.06. The van der Waals surface area contributed by atoms with Crippen molar-refractivity contribution in [3.63, 3.8) is 0 Å². The first kappa shape index (κ1) is 25.6. The van der Waals surface area contributed by atoms with Gasteiger partial charge in [0.05, 0.1) is 22.4 Å². The molecule has 36 heavy (non-hydrogen) atoms. The van der Waals surface area contributed by atoms with Gasteiger partial charge in [-0.1, -0.05) is 80.4 Å². The quantitative estimate of drug-likeness (QED) is 0.290. The van der Waals surface area contributed by atoms with E-state index in [-0.39, 0.29) is 0 Å². The molecule has 1 saturated heterocycles. The molecule has 1 fully saturated rings. The Kier molecular flexibility index (Phi) is 6.99. The van der Waals surface area contributed by atoms with Crippen LogP contribution in [0.2, 0.25) is 0 Å². The van der Waals surface area contributed by atoms with Crippen molar-refractivity contribution < 1.29 is 9.31 Å². The number of rotatable bonds is 6. The van der Waals surface area contributed by atoms with Crippen LogP contribution in [0.1, 0.15) is 40.2 Å². The Labute approximate surface area is 214 Å². The van der Waals surface area contributed by atoms with Gasteiger partial charge in [-0.25, -0.2) is 0 Å². The summed E-state index contributed by atoms with van der Waals surface area (Å²) < 4.78 is 12.5. The van der Waals surface area contributed by atoms with Crippen LogP contribution in [0.15, 0.2) is 96.7 Å². The molecule has 4 nitrogen and oxygen atoms in total. The lowest BCUT2D eigenvalue weighted by molar-refractivity contribution is 0.00578. The maximum absolute atomic E-state index is 6.24. The average molecular weight is 476 g/mol. The molecule has 1 aliphatic rings. The molecule has 3 aromatic rings. The maximum Gasteiger partial charge on any atom is 0.494 e. The third-order valence-corrected chi connectivity index (χ3v) is 7.06. The molecule has 2 aromatic carbocycles. The van der Waals surface area contributed by atoms with Gasteiger partial charge in [0, 0.05) is 33.3 Å². The van der Waals surface area contributed by atoms with Crippen molar-refractivity contribution >= 4 is 41.5 Å². The Bertz CT molecular complexity index is 1480. The fourth-order valence-corrected chi connectivity index (χ4v) is 4.18. The number of pyridine rings is 1. The second-order valence-corrected chi connectivity index (χ2v) is 9.98. The Morgan fingerprint density at radius 2 is 1.64 bits per heavy atom. The fourth-order valence-electron chi connectivity index (χ4n) is 4.18. The van der Waals surface area contributed by atoms with E-state index in [1.807, 2.05) is 37.3 Å². The minimum Gasteiger partial charge on any atom is -0.399 e. The summed E-state index contributed by atoms with van der Waals surface area (Å²) in [6.07, 6.45) is 7.21. The molecular weight excluding hydrogens is 443 g/mol. The van der Waals surface area contributed by atoms with Crippen LogP contribution in [0.5, 0.6) is 0 Å². The van der Waals surface area contributed by atoms with Gasteiger partial charge in [-0.05, 0) is 51.7 Å². The molecule has 2 heterocycles. The van der Waals surface area contributed by atoms with Crippen LogP contribution < -0.4 is 15.9 Å². The number of nitrogens with zero attached hydrogens (tertiary/aromatic N) is 2. The van der Waals surface area contributed by atoms with Crippen LogP contribution >= 0.6 is 0 Å². The van der Waals surface area contributed by atoms with Gasteiger partial charge < -0.3 is 9.31 Å². The normalized spacial score (nSPS) is 18.3. The summed E-state index contributed by atoms with van der Waals surface area (Å²) in [5.41, 5.74) is 4.53. The van der Waals surface area contributed by atoms with Crippen molar-refractivity contribution in [2.45, 2.75) is 45.8 Å². The van der Waals surface area contributed by atoms with Gasteiger partial charge in [0.25, 0.3) is 0 Å². The van der Waals surface area contributed by atoms with E-state index in [1.165, 1.54) is 0 Å². The summed E-state index contributed by atoms with van der Waals surface area (Å²) >= 11 is 0. The highest BCUT2D eigenvalue weighted by molar-refractivity contribution is 6.62. The second-order valence-electron chi connectivity index (χ2n) is 9.98. The second kappa shape index (κ2) is 9.84. The van der Waals surface area contributed by atoms with Crippen molar-refractivity contribution in [2.24, 2.45) is 4.99 Å². The highest BCUT2D eigenvalue weighted by atomic mass is 16.7. The van der Waals surface area contributed by atoms with Gasteiger partial charge in [0.1, 0.15) is 0 Å². The van der Waals surface area contributed by atoms with E-state index in [0.717, 1.165) is 49.3 Å². The van der Waals surface area contributed by atoms with Crippen LogP contribution in [0, 0.1) is 0 Å². The van der Waals surface area contributed by atoms with Gasteiger partial charge in [-0.3, -0.25) is 9.98 Å². The number of aliphatic imine (C=N–C) groups is 1. The summed E-state index contributed by atoms with van der Waals surface area (Å²) in [7, 11) is -0.422. The van der Waals surface area contributed by atoms with E-state index in [9.17, 15) is 0 Å². The zero-order valence-electron chi connectivity index (χ0n) is 21.8. The summed E-state index contributed by atoms with van der Waals surface area (Å²) in [5, 5.41) is 2.80. The summed E-state index contributed by atoms with van der Waals surface area (Å²) in [6, 6.07) is 16.3. The lowest BCUT2D eigenvalue weighted by Crippen LogP contribution is -2.41. The molecule has 0 unspecified atom stereocenters. The van der Waals surface area contributed by atoms with E-state index in [2.05, 4.69) is 76.7 Å². The smallest absolute Gasteiger partial charge is 0.399 e. The first-order valence-electron chi connectivity index (χ1n) is 12.1. The molecule has 5 heteroatoms. The predicted octanol–water partition coefficient (Wildman–Crippen LogP) is 4.86. The summed E-state index contributed by atoms with van der Waals surface area (Å²) in [5.74, 6) is 0. The van der Waals surface area contributed by atoms with Gasteiger partial charge in [0.2, 0.25) is 0 Å². The molecular formula is C31H33BN2O2. The van der Waals surface area contributed by atoms with Crippen molar-refractivity contribution in [3.8, 4) is 0 Å². The van der Waals surface area contributed by atoms with Crippen molar-refractivity contribution in [1.29, 1.82) is 0 Å². The Morgan fingerprint density at radius 3 is 2.25 bits per heavy atom. The zero-order valence-corrected chi connectivity index (χ0v) is 21.8. The van der Waals surface area contributed by atoms with Gasteiger partial charge in [-0.15, -0.1) is 0 Å². The summed E-state index contributed by atoms with van der Waals surface area (Å²) in [4.78, 5) is 9.64. The minimum absolute atomic E-state index is 0.394. The van der Waals surface area contributed by atoms with Crippen molar-refractivity contribution in [1.82, 2.24) is 4.98 Å². The standard InChI is InChI=1S/C31H33BN2O2/c1-9-12-23(10-2)22(4)34-29(27-19-16-24-13-11-20-33-28(24)21(27)3)25-14-17-26(18-15-25)32-35-30(5,6)31(7,8)36-32/h9-20H,1-3H2,4-8H3/b23-12+,29-27-,34-22+. The lowest BCUT2D eigenvalue weighted by Gasteiger charge is -2.32. The third kappa shape index (κ3) is 4.77. The molecule has 0 N–H and O–H groups in total. The number of aromatic nitrogens is 1. The molecule has 0 saturated carbocycles. The number of fused-ring (bicyclic) bond motifs is 1. The molecule has 0 spiro atoms. The van der Waals surface area contributed by atoms with Crippen LogP contribution in [0.25, 0.3) is 23.2 Å². The molecule has 4 rings (SSSR count). The summed E-state index contributed by atoms with van der Waals surface area (Å²) in [6.45, 7) is 22.3. The molecule has 0 aliphatic carbocycles. The fraction of sp³-hybridized carbons (Fsp3) is 0.226. The molecule has 1 aliphatic heterocycles. The van der Waals surface area contributed by atoms with Crippen molar-refractivity contribution in [3.05, 3.63) is 108 Å². The molecule has 1 aromatic heterocycles. The molecule has 182 valence electrons. The van der Waals surface area contributed by atoms with Gasteiger partial charge in [0.15, 0.2) is 0 Å². The molecule has 0 amide bonds. The Morgan fingerprint density at radius 1 is 0.972 bits per heavy atom. The van der Waals surface area contributed by atoms with Crippen LogP contribution in [0.3, 0.4) is 0 Å². The van der Waals surface area contributed by atoms with E-state index in [0.29, 0.717) is 0 Å². The van der Waals surface area contributed by atoms with E-state index < -0.39 is 18.3 Å². The van der Waals surface area contributed by atoms with E-state index >= 15 is 0 Å². The largest absolute Gasteiger partial charge is 0.494 e. The van der Waals surface area contributed by atoms with Gasteiger partial charge in [-0.2, -0.15) is 0 Å². The molecule has 0 atom stereocenters. The monoisotopic (exact) mass is 476 g/mol. The van der Waals surface area contributed by atoms with Crippen LogP contribution in [-0.4, -0.2) is 29.0 Å². The minimum atomic E-state index is -0.422. The van der Waals surface area contributed by atoms with Crippen LogP contribution in [-0.2, 0) is 9.31 Å². The zero-order chi connectivity index (χ0) is 26.1. The average Bonchev–Trinajstić information content (AvgIpc) is 3.08. The lowest BCUT2D eigenvalue weighted by atomic mass is 9.78. The number of benzene rings is 2. The van der Waals surface area contributed by atoms with Gasteiger partial charge >= 0.3 is 7.12 Å². The highest BCUT2D eigenvalue weighted by Gasteiger charge is 2.51. The van der Waals surface area contributed by atoms with Crippen LogP contribution in [0.4, 0.5) is 0 Å². The van der Waals surface area contributed by atoms with Crippen molar-refractivity contribution in [2.75, 3.05) is 0 Å². The first-order chi connectivity index (χ1) is 17.1. The number of hydrogen-bond acceptors (Lipinski definition) is 4. The highest BCUT2D eigenvalue weighted by Crippen LogP contribution is 2.36. The predicted molar refractivity (Wildman–Crippen MR) is 153 cm³/mol. The Balaban J connectivity index is 1.88. The first-order valence-corrected chi connectivity index (χ1v) is 12.1. The van der Waals surface area contributed by atoms with E-state index in [4.69, 9.17) is 14.3 Å². The molecule has 0 bridgehead atoms. The maximum atomic E-state index is 6.24. The Hall–Kier alpha value is -3.54. The number of hydrogen-bond donors (Lipinski definition) is 0. The molecule has 0 radical (unpaired) electrons. The van der Waals surface area contributed by atoms with E-state index in [1.54, 1.807) is 18.3 Å². The topological polar surface area (TPSA) is 43.7 Å². The SMILES string of the molecule is C=C/C=C(C=C)/C(C)=N/C(c1ccc(B2OC(C)(C)C(C)(C)O2)cc1)=c1/ccc2cccnc2c1=C. The number of allylic oxidation sites excluding steroid dienone is 4.